The van der Waals surface area contributed by atoms with E-state index in [9.17, 15) is 0 Å². The molecule has 16 heavy (non-hydrogen) atoms. The lowest BCUT2D eigenvalue weighted by Gasteiger charge is -2.24. The average molecular weight is 221 g/mol. The third-order valence-corrected chi connectivity index (χ3v) is 4.03. The maximum absolute atomic E-state index is 5.32. The summed E-state index contributed by atoms with van der Waals surface area (Å²) in [6, 6.07) is 0.718. The number of rotatable bonds is 7. The van der Waals surface area contributed by atoms with Gasteiger partial charge in [0.05, 0.1) is 0 Å². The molecular weight excluding hydrogens is 194 g/mol. The van der Waals surface area contributed by atoms with Crippen LogP contribution in [-0.4, -0.2) is 12.6 Å². The lowest BCUT2D eigenvalue weighted by Crippen LogP contribution is -2.35. The fourth-order valence-corrected chi connectivity index (χ4v) is 3.04. The van der Waals surface area contributed by atoms with Crippen LogP contribution < -0.4 is 5.32 Å². The Labute approximate surface area is 101 Å². The number of terminal acetylenes is 1. The smallest absolute Gasteiger partial charge is 0.00956 e. The largest absolute Gasteiger partial charge is 0.314 e. The molecule has 1 fully saturated rings. The molecule has 0 saturated heterocycles. The molecule has 0 radical (unpaired) electrons. The van der Waals surface area contributed by atoms with Crippen molar-refractivity contribution in [3.05, 3.63) is 0 Å². The number of hydrogen-bond acceptors (Lipinski definition) is 1. The molecule has 0 bridgehead atoms. The SMILES string of the molecule is C#CCCCC(NCC)C1CCC(CC)C1. The first-order valence-electron chi connectivity index (χ1n) is 6.98. The molecule has 92 valence electrons. The summed E-state index contributed by atoms with van der Waals surface area (Å²) >= 11 is 0. The molecule has 0 aromatic carbocycles. The van der Waals surface area contributed by atoms with E-state index < -0.39 is 0 Å². The highest BCUT2D eigenvalue weighted by molar-refractivity contribution is 4.87. The van der Waals surface area contributed by atoms with Gasteiger partial charge in [-0.1, -0.05) is 26.7 Å². The Bertz CT molecular complexity index is 216. The van der Waals surface area contributed by atoms with Gasteiger partial charge < -0.3 is 5.32 Å². The van der Waals surface area contributed by atoms with Crippen molar-refractivity contribution in [2.24, 2.45) is 11.8 Å². The van der Waals surface area contributed by atoms with Gasteiger partial charge in [-0.15, -0.1) is 12.3 Å². The van der Waals surface area contributed by atoms with Crippen molar-refractivity contribution in [1.82, 2.24) is 5.32 Å². The maximum atomic E-state index is 5.32. The molecule has 0 aromatic heterocycles. The summed E-state index contributed by atoms with van der Waals surface area (Å²) < 4.78 is 0. The highest BCUT2D eigenvalue weighted by Gasteiger charge is 2.28. The first kappa shape index (κ1) is 13.6. The first-order valence-corrected chi connectivity index (χ1v) is 6.98. The number of hydrogen-bond donors (Lipinski definition) is 1. The summed E-state index contributed by atoms with van der Waals surface area (Å²) in [5, 5.41) is 3.66. The van der Waals surface area contributed by atoms with Gasteiger partial charge >= 0.3 is 0 Å². The van der Waals surface area contributed by atoms with Gasteiger partial charge in [0.15, 0.2) is 0 Å². The lowest BCUT2D eigenvalue weighted by atomic mass is 9.92. The fraction of sp³-hybridized carbons (Fsp3) is 0.867. The van der Waals surface area contributed by atoms with Crippen LogP contribution in [0.1, 0.15) is 58.8 Å². The summed E-state index contributed by atoms with van der Waals surface area (Å²) in [4.78, 5) is 0. The Kier molecular flexibility index (Phi) is 6.57. The van der Waals surface area contributed by atoms with E-state index in [-0.39, 0.29) is 0 Å². The Morgan fingerprint density at radius 1 is 1.38 bits per heavy atom. The van der Waals surface area contributed by atoms with Crippen LogP contribution in [0.25, 0.3) is 0 Å². The second-order valence-electron chi connectivity index (χ2n) is 5.11. The Morgan fingerprint density at radius 3 is 2.75 bits per heavy atom. The molecule has 1 heteroatoms. The molecule has 0 amide bonds. The summed E-state index contributed by atoms with van der Waals surface area (Å²) in [5.41, 5.74) is 0. The van der Waals surface area contributed by atoms with Crippen molar-refractivity contribution >= 4 is 0 Å². The van der Waals surface area contributed by atoms with Crippen LogP contribution in [0.15, 0.2) is 0 Å². The normalized spacial score (nSPS) is 26.6. The zero-order valence-corrected chi connectivity index (χ0v) is 11.0. The third-order valence-electron chi connectivity index (χ3n) is 4.03. The monoisotopic (exact) mass is 221 g/mol. The predicted molar refractivity (Wildman–Crippen MR) is 71.3 cm³/mol. The minimum atomic E-state index is 0.718. The summed E-state index contributed by atoms with van der Waals surface area (Å²) in [7, 11) is 0. The van der Waals surface area contributed by atoms with Crippen LogP contribution in [-0.2, 0) is 0 Å². The highest BCUT2D eigenvalue weighted by atomic mass is 14.9. The van der Waals surface area contributed by atoms with Crippen LogP contribution in [0.5, 0.6) is 0 Å². The minimum absolute atomic E-state index is 0.718. The quantitative estimate of drug-likeness (QED) is 0.512. The van der Waals surface area contributed by atoms with Gasteiger partial charge in [0, 0.05) is 12.5 Å². The lowest BCUT2D eigenvalue weighted by molar-refractivity contribution is 0.330. The van der Waals surface area contributed by atoms with Gasteiger partial charge in [0.2, 0.25) is 0 Å². The Morgan fingerprint density at radius 2 is 2.19 bits per heavy atom. The van der Waals surface area contributed by atoms with Crippen LogP contribution in [0.2, 0.25) is 0 Å². The van der Waals surface area contributed by atoms with E-state index in [1.54, 1.807) is 0 Å². The summed E-state index contributed by atoms with van der Waals surface area (Å²) in [6.45, 7) is 5.63. The van der Waals surface area contributed by atoms with E-state index in [2.05, 4.69) is 25.1 Å². The molecule has 3 unspecified atom stereocenters. The molecule has 0 spiro atoms. The minimum Gasteiger partial charge on any atom is -0.314 e. The second-order valence-corrected chi connectivity index (χ2v) is 5.11. The topological polar surface area (TPSA) is 12.0 Å². The van der Waals surface area contributed by atoms with Gasteiger partial charge in [-0.2, -0.15) is 0 Å². The van der Waals surface area contributed by atoms with E-state index in [0.717, 1.165) is 30.8 Å². The Hall–Kier alpha value is -0.480. The van der Waals surface area contributed by atoms with Crippen molar-refractivity contribution in [1.29, 1.82) is 0 Å². The van der Waals surface area contributed by atoms with Gasteiger partial charge in [-0.3, -0.25) is 0 Å². The molecule has 1 saturated carbocycles. The molecule has 0 aliphatic heterocycles. The van der Waals surface area contributed by atoms with Crippen molar-refractivity contribution in [2.45, 2.75) is 64.8 Å². The molecule has 0 heterocycles. The molecule has 3 atom stereocenters. The predicted octanol–water partition coefficient (Wildman–Crippen LogP) is 3.59. The van der Waals surface area contributed by atoms with E-state index >= 15 is 0 Å². The van der Waals surface area contributed by atoms with Crippen molar-refractivity contribution in [3.63, 3.8) is 0 Å². The molecule has 1 aliphatic rings. The Balaban J connectivity index is 2.35. The standard InChI is InChI=1S/C15H27N/c1-4-7-8-9-15(16-6-3)14-11-10-13(5-2)12-14/h1,13-16H,5-12H2,2-3H3. The van der Waals surface area contributed by atoms with Crippen LogP contribution >= 0.6 is 0 Å². The van der Waals surface area contributed by atoms with E-state index in [1.807, 2.05) is 0 Å². The molecule has 1 rings (SSSR count). The van der Waals surface area contributed by atoms with Gasteiger partial charge in [-0.05, 0) is 44.1 Å². The van der Waals surface area contributed by atoms with Gasteiger partial charge in [0.25, 0.3) is 0 Å². The van der Waals surface area contributed by atoms with Crippen molar-refractivity contribution in [2.75, 3.05) is 6.54 Å². The van der Waals surface area contributed by atoms with Crippen LogP contribution in [0.3, 0.4) is 0 Å². The van der Waals surface area contributed by atoms with Gasteiger partial charge in [-0.25, -0.2) is 0 Å². The van der Waals surface area contributed by atoms with Gasteiger partial charge in [0.1, 0.15) is 0 Å². The first-order chi connectivity index (χ1) is 7.81. The summed E-state index contributed by atoms with van der Waals surface area (Å²) in [5.74, 6) is 4.64. The molecule has 1 N–H and O–H groups in total. The maximum Gasteiger partial charge on any atom is 0.00956 e. The zero-order chi connectivity index (χ0) is 11.8. The molecular formula is C15H27N. The molecule has 0 aromatic rings. The average Bonchev–Trinajstić information content (AvgIpc) is 2.76. The van der Waals surface area contributed by atoms with Crippen LogP contribution in [0.4, 0.5) is 0 Å². The van der Waals surface area contributed by atoms with Crippen molar-refractivity contribution < 1.29 is 0 Å². The zero-order valence-electron chi connectivity index (χ0n) is 11.0. The number of unbranched alkanes of at least 4 members (excludes halogenated alkanes) is 1. The third kappa shape index (κ3) is 4.18. The van der Waals surface area contributed by atoms with E-state index in [0.29, 0.717) is 0 Å². The second kappa shape index (κ2) is 7.74. The number of nitrogens with one attached hydrogen (secondary N) is 1. The highest BCUT2D eigenvalue weighted by Crippen LogP contribution is 2.36. The van der Waals surface area contributed by atoms with E-state index in [1.165, 1.54) is 38.5 Å². The fourth-order valence-electron chi connectivity index (χ4n) is 3.04. The van der Waals surface area contributed by atoms with E-state index in [4.69, 9.17) is 6.42 Å². The molecule has 1 nitrogen and oxygen atoms in total. The molecule has 1 aliphatic carbocycles. The van der Waals surface area contributed by atoms with Crippen molar-refractivity contribution in [3.8, 4) is 12.3 Å². The van der Waals surface area contributed by atoms with Crippen LogP contribution in [0, 0.1) is 24.2 Å². The summed E-state index contributed by atoms with van der Waals surface area (Å²) in [6.07, 6.45) is 14.4.